The molecule has 0 radical (unpaired) electrons. The van der Waals surface area contributed by atoms with Gasteiger partial charge in [-0.05, 0) is 67.6 Å². The van der Waals surface area contributed by atoms with Crippen LogP contribution in [0.2, 0.25) is 0 Å². The van der Waals surface area contributed by atoms with Gasteiger partial charge in [-0.3, -0.25) is 0 Å². The van der Waals surface area contributed by atoms with E-state index in [1.807, 2.05) is 6.08 Å². The van der Waals surface area contributed by atoms with Crippen LogP contribution in [0.3, 0.4) is 0 Å². The van der Waals surface area contributed by atoms with Crippen molar-refractivity contribution in [3.05, 3.63) is 47.0 Å². The summed E-state index contributed by atoms with van der Waals surface area (Å²) in [5.74, 6) is 5.12. The summed E-state index contributed by atoms with van der Waals surface area (Å²) in [5, 5.41) is 0. The molecule has 2 aliphatic rings. The zero-order valence-electron chi connectivity index (χ0n) is 19.5. The third kappa shape index (κ3) is 7.87. The van der Waals surface area contributed by atoms with Crippen LogP contribution in [0.15, 0.2) is 24.3 Å². The quantitative estimate of drug-likeness (QED) is 0.290. The standard InChI is InChI=1S/C28H35F5/c1-2-5-20-8-12-22(13-9-20)16-17-23-14-10-21(11-15-23)6-3-4-7-24-18-25(29)27(26(30)19-24)28(31,32)33/h3,6,18-23H,2,5,8-17H2,1H3/t20-,21-,22-,23-. The van der Waals surface area contributed by atoms with E-state index in [4.69, 9.17) is 0 Å². The normalized spacial score (nSPS) is 26.2. The first-order valence-corrected chi connectivity index (χ1v) is 12.5. The maximum absolute atomic E-state index is 13.6. The van der Waals surface area contributed by atoms with Crippen molar-refractivity contribution in [2.75, 3.05) is 0 Å². The predicted octanol–water partition coefficient (Wildman–Crippen LogP) is 9.08. The van der Waals surface area contributed by atoms with Gasteiger partial charge in [0.2, 0.25) is 0 Å². The molecule has 0 amide bonds. The molecule has 1 aromatic rings. The molecule has 33 heavy (non-hydrogen) atoms. The van der Waals surface area contributed by atoms with Gasteiger partial charge < -0.3 is 0 Å². The Kier molecular flexibility index (Phi) is 9.41. The van der Waals surface area contributed by atoms with E-state index in [9.17, 15) is 22.0 Å². The molecular weight excluding hydrogens is 431 g/mol. The Bertz CT molecular complexity index is 818. The maximum atomic E-state index is 13.6. The van der Waals surface area contributed by atoms with Crippen LogP contribution in [0, 0.1) is 47.1 Å². The summed E-state index contributed by atoms with van der Waals surface area (Å²) >= 11 is 0. The summed E-state index contributed by atoms with van der Waals surface area (Å²) < 4.78 is 65.2. The van der Waals surface area contributed by atoms with Gasteiger partial charge in [-0.2, -0.15) is 13.2 Å². The van der Waals surface area contributed by atoms with E-state index in [0.717, 1.165) is 30.6 Å². The van der Waals surface area contributed by atoms with Crippen molar-refractivity contribution in [1.82, 2.24) is 0 Å². The summed E-state index contributed by atoms with van der Waals surface area (Å²) in [7, 11) is 0. The summed E-state index contributed by atoms with van der Waals surface area (Å²) in [6, 6.07) is 1.27. The van der Waals surface area contributed by atoms with Gasteiger partial charge in [-0.15, -0.1) is 0 Å². The predicted molar refractivity (Wildman–Crippen MR) is 122 cm³/mol. The van der Waals surface area contributed by atoms with Crippen LogP contribution < -0.4 is 0 Å². The third-order valence-corrected chi connectivity index (χ3v) is 7.53. The monoisotopic (exact) mass is 466 g/mol. The average molecular weight is 467 g/mol. The lowest BCUT2D eigenvalue weighted by atomic mass is 9.75. The van der Waals surface area contributed by atoms with Crippen molar-refractivity contribution in [1.29, 1.82) is 0 Å². The van der Waals surface area contributed by atoms with E-state index in [1.54, 1.807) is 6.08 Å². The molecule has 0 atom stereocenters. The van der Waals surface area contributed by atoms with Crippen LogP contribution in [-0.4, -0.2) is 0 Å². The van der Waals surface area contributed by atoms with Crippen LogP contribution in [0.4, 0.5) is 22.0 Å². The van der Waals surface area contributed by atoms with Crippen molar-refractivity contribution < 1.29 is 22.0 Å². The van der Waals surface area contributed by atoms with Gasteiger partial charge in [0.05, 0.1) is 0 Å². The third-order valence-electron chi connectivity index (χ3n) is 7.53. The van der Waals surface area contributed by atoms with Crippen LogP contribution in [0.5, 0.6) is 0 Å². The zero-order chi connectivity index (χ0) is 23.8. The van der Waals surface area contributed by atoms with E-state index >= 15 is 0 Å². The largest absolute Gasteiger partial charge is 0.422 e. The van der Waals surface area contributed by atoms with Crippen LogP contribution in [0.1, 0.15) is 95.1 Å². The Hall–Kier alpha value is -1.83. The average Bonchev–Trinajstić information content (AvgIpc) is 2.76. The van der Waals surface area contributed by atoms with Gasteiger partial charge in [0.15, 0.2) is 0 Å². The summed E-state index contributed by atoms with van der Waals surface area (Å²) in [5.41, 5.74) is -1.97. The molecule has 5 heteroatoms. The number of hydrogen-bond acceptors (Lipinski definition) is 0. The highest BCUT2D eigenvalue weighted by molar-refractivity contribution is 5.40. The Morgan fingerprint density at radius 3 is 1.79 bits per heavy atom. The van der Waals surface area contributed by atoms with Gasteiger partial charge in [-0.25, -0.2) is 8.78 Å². The maximum Gasteiger partial charge on any atom is 0.422 e. The fourth-order valence-corrected chi connectivity index (χ4v) is 5.58. The van der Waals surface area contributed by atoms with E-state index in [0.29, 0.717) is 18.1 Å². The first-order chi connectivity index (χ1) is 15.8. The Labute approximate surface area is 195 Å². The molecular formula is C28H35F5. The number of allylic oxidation sites excluding steroid dienone is 2. The molecule has 0 saturated heterocycles. The second-order valence-electron chi connectivity index (χ2n) is 9.97. The highest BCUT2D eigenvalue weighted by Gasteiger charge is 2.37. The first kappa shape index (κ1) is 25.8. The Morgan fingerprint density at radius 2 is 1.30 bits per heavy atom. The van der Waals surface area contributed by atoms with Crippen molar-refractivity contribution in [3.63, 3.8) is 0 Å². The molecule has 0 unspecified atom stereocenters. The molecule has 2 fully saturated rings. The van der Waals surface area contributed by atoms with E-state index in [1.165, 1.54) is 64.2 Å². The molecule has 1 aromatic carbocycles. The molecule has 0 spiro atoms. The van der Waals surface area contributed by atoms with Gasteiger partial charge >= 0.3 is 6.18 Å². The summed E-state index contributed by atoms with van der Waals surface area (Å²) in [6.45, 7) is 2.28. The molecule has 3 rings (SSSR count). The van der Waals surface area contributed by atoms with E-state index in [-0.39, 0.29) is 5.56 Å². The molecule has 2 aliphatic carbocycles. The smallest absolute Gasteiger partial charge is 0.206 e. The SMILES string of the molecule is CCC[C@H]1CC[C@H](CC[C@H]2CC[C@H](C=CC#Cc3cc(F)c(C(F)(F)F)c(F)c3)CC2)CC1. The fraction of sp³-hybridized carbons (Fsp3) is 0.643. The molecule has 0 aromatic heterocycles. The molecule has 0 N–H and O–H groups in total. The van der Waals surface area contributed by atoms with Crippen molar-refractivity contribution in [2.24, 2.45) is 23.7 Å². The number of alkyl halides is 3. The minimum atomic E-state index is -5.06. The first-order valence-electron chi connectivity index (χ1n) is 12.5. The van der Waals surface area contributed by atoms with Gasteiger partial charge in [-0.1, -0.05) is 76.2 Å². The molecule has 0 nitrogen and oxygen atoms in total. The zero-order valence-corrected chi connectivity index (χ0v) is 19.5. The molecule has 0 heterocycles. The van der Waals surface area contributed by atoms with Crippen LogP contribution in [-0.2, 0) is 6.18 Å². The Balaban J connectivity index is 1.40. The number of benzene rings is 1. The lowest BCUT2D eigenvalue weighted by Gasteiger charge is -2.31. The number of hydrogen-bond donors (Lipinski definition) is 0. The number of halogens is 5. The number of rotatable bonds is 6. The lowest BCUT2D eigenvalue weighted by Crippen LogP contribution is -2.17. The van der Waals surface area contributed by atoms with Crippen molar-refractivity contribution in [3.8, 4) is 11.8 Å². The minimum absolute atomic E-state index is 0.102. The van der Waals surface area contributed by atoms with Crippen molar-refractivity contribution in [2.45, 2.75) is 90.1 Å². The fourth-order valence-electron chi connectivity index (χ4n) is 5.58. The topological polar surface area (TPSA) is 0 Å². The van der Waals surface area contributed by atoms with Gasteiger partial charge in [0.1, 0.15) is 17.2 Å². The van der Waals surface area contributed by atoms with Crippen LogP contribution in [0.25, 0.3) is 0 Å². The van der Waals surface area contributed by atoms with E-state index < -0.39 is 23.4 Å². The summed E-state index contributed by atoms with van der Waals surface area (Å²) in [6.07, 6.45) is 14.4. The van der Waals surface area contributed by atoms with Crippen LogP contribution >= 0.6 is 0 Å². The van der Waals surface area contributed by atoms with Gasteiger partial charge in [0, 0.05) is 5.56 Å². The van der Waals surface area contributed by atoms with Gasteiger partial charge in [0.25, 0.3) is 0 Å². The Morgan fingerprint density at radius 1 is 0.818 bits per heavy atom. The highest BCUT2D eigenvalue weighted by atomic mass is 19.4. The molecule has 0 bridgehead atoms. The van der Waals surface area contributed by atoms with E-state index in [2.05, 4.69) is 18.8 Å². The minimum Gasteiger partial charge on any atom is -0.206 e. The molecule has 2 saturated carbocycles. The van der Waals surface area contributed by atoms with Crippen molar-refractivity contribution >= 4 is 0 Å². The highest BCUT2D eigenvalue weighted by Crippen LogP contribution is 2.38. The molecule has 0 aliphatic heterocycles. The second-order valence-corrected chi connectivity index (χ2v) is 9.97. The molecule has 182 valence electrons. The lowest BCUT2D eigenvalue weighted by molar-refractivity contribution is -0.142. The second kappa shape index (κ2) is 12.0. The summed E-state index contributed by atoms with van der Waals surface area (Å²) in [4.78, 5) is 0.